The normalized spacial score (nSPS) is 12.4. The highest BCUT2D eigenvalue weighted by molar-refractivity contribution is 8.93. The molecule has 2 nitrogen and oxygen atoms in total. The molecule has 0 aromatic heterocycles. The molecule has 3 heteroatoms. The molecule has 1 aliphatic rings. The van der Waals surface area contributed by atoms with Crippen LogP contribution in [0.3, 0.4) is 0 Å². The van der Waals surface area contributed by atoms with Crippen LogP contribution in [0.4, 0.5) is 0 Å². The Labute approximate surface area is 88.6 Å². The van der Waals surface area contributed by atoms with Crippen LogP contribution in [0.5, 0.6) is 11.5 Å². The minimum Gasteiger partial charge on any atom is -0.454 e. The van der Waals surface area contributed by atoms with Crippen molar-refractivity contribution in [3.8, 4) is 11.5 Å². The fourth-order valence-electron chi connectivity index (χ4n) is 1.39. The van der Waals surface area contributed by atoms with E-state index in [0.717, 1.165) is 17.9 Å². The average Bonchev–Trinajstić information content (AvgIpc) is 2.51. The highest BCUT2D eigenvalue weighted by Crippen LogP contribution is 2.32. The van der Waals surface area contributed by atoms with E-state index >= 15 is 0 Å². The van der Waals surface area contributed by atoms with Crippen molar-refractivity contribution in [1.29, 1.82) is 0 Å². The van der Waals surface area contributed by atoms with Crippen molar-refractivity contribution >= 4 is 17.0 Å². The minimum atomic E-state index is 0. The van der Waals surface area contributed by atoms with Gasteiger partial charge in [0.1, 0.15) is 0 Å². The fraction of sp³-hybridized carbons (Fsp3) is 0.400. The molecule has 1 aromatic rings. The molecule has 1 heterocycles. The Morgan fingerprint density at radius 2 is 2.00 bits per heavy atom. The SMILES string of the molecule is Br.CCCc1ccc2c(c1)OCO2. The van der Waals surface area contributed by atoms with Gasteiger partial charge in [0.05, 0.1) is 0 Å². The summed E-state index contributed by atoms with van der Waals surface area (Å²) in [6, 6.07) is 6.14. The van der Waals surface area contributed by atoms with Crippen molar-refractivity contribution in [3.63, 3.8) is 0 Å². The smallest absolute Gasteiger partial charge is 0.231 e. The van der Waals surface area contributed by atoms with Gasteiger partial charge in [0.2, 0.25) is 6.79 Å². The van der Waals surface area contributed by atoms with Crippen molar-refractivity contribution in [2.75, 3.05) is 6.79 Å². The molecule has 0 atom stereocenters. The fourth-order valence-corrected chi connectivity index (χ4v) is 1.39. The Kier molecular flexibility index (Phi) is 3.60. The van der Waals surface area contributed by atoms with Gasteiger partial charge >= 0.3 is 0 Å². The third-order valence-electron chi connectivity index (χ3n) is 1.98. The van der Waals surface area contributed by atoms with Gasteiger partial charge in [-0.05, 0) is 24.1 Å². The third-order valence-corrected chi connectivity index (χ3v) is 1.98. The third kappa shape index (κ3) is 2.15. The molecular formula is C10H13BrO2. The molecule has 0 spiro atoms. The summed E-state index contributed by atoms with van der Waals surface area (Å²) in [5.74, 6) is 1.76. The summed E-state index contributed by atoms with van der Waals surface area (Å²) >= 11 is 0. The lowest BCUT2D eigenvalue weighted by Gasteiger charge is -1.99. The summed E-state index contributed by atoms with van der Waals surface area (Å²) in [4.78, 5) is 0. The molecule has 0 saturated heterocycles. The van der Waals surface area contributed by atoms with Crippen molar-refractivity contribution in [2.45, 2.75) is 19.8 Å². The van der Waals surface area contributed by atoms with Gasteiger partial charge in [0, 0.05) is 0 Å². The summed E-state index contributed by atoms with van der Waals surface area (Å²) in [7, 11) is 0. The van der Waals surface area contributed by atoms with E-state index in [1.807, 2.05) is 6.07 Å². The lowest BCUT2D eigenvalue weighted by Crippen LogP contribution is -1.92. The second-order valence-electron chi connectivity index (χ2n) is 2.94. The van der Waals surface area contributed by atoms with Crippen LogP contribution in [0.15, 0.2) is 18.2 Å². The number of rotatable bonds is 2. The van der Waals surface area contributed by atoms with E-state index < -0.39 is 0 Å². The highest BCUT2D eigenvalue weighted by Gasteiger charge is 2.12. The zero-order valence-corrected chi connectivity index (χ0v) is 9.29. The maximum Gasteiger partial charge on any atom is 0.231 e. The van der Waals surface area contributed by atoms with Crippen LogP contribution >= 0.6 is 17.0 Å². The molecule has 0 radical (unpaired) electrons. The molecule has 1 aliphatic heterocycles. The second kappa shape index (κ2) is 4.51. The van der Waals surface area contributed by atoms with Crippen molar-refractivity contribution in [2.24, 2.45) is 0 Å². The lowest BCUT2D eigenvalue weighted by molar-refractivity contribution is 0.174. The molecule has 0 N–H and O–H groups in total. The predicted molar refractivity (Wildman–Crippen MR) is 56.9 cm³/mol. The maximum atomic E-state index is 5.26. The summed E-state index contributed by atoms with van der Waals surface area (Å²) in [5, 5.41) is 0. The number of aryl methyl sites for hydroxylation is 1. The number of benzene rings is 1. The van der Waals surface area contributed by atoms with E-state index in [0.29, 0.717) is 6.79 Å². The first-order valence-electron chi connectivity index (χ1n) is 4.28. The van der Waals surface area contributed by atoms with Crippen molar-refractivity contribution in [1.82, 2.24) is 0 Å². The van der Waals surface area contributed by atoms with E-state index in [1.165, 1.54) is 12.0 Å². The molecule has 0 bridgehead atoms. The van der Waals surface area contributed by atoms with Crippen LogP contribution in [0.25, 0.3) is 0 Å². The van der Waals surface area contributed by atoms with Crippen LogP contribution in [0, 0.1) is 0 Å². The standard InChI is InChI=1S/C10H12O2.BrH/c1-2-3-8-4-5-9-10(6-8)12-7-11-9;/h4-6H,2-3,7H2,1H3;1H. The minimum absolute atomic E-state index is 0. The quantitative estimate of drug-likeness (QED) is 0.797. The Morgan fingerprint density at radius 3 is 2.77 bits per heavy atom. The second-order valence-corrected chi connectivity index (χ2v) is 2.94. The average molecular weight is 245 g/mol. The van der Waals surface area contributed by atoms with E-state index in [9.17, 15) is 0 Å². The number of hydrogen-bond donors (Lipinski definition) is 0. The van der Waals surface area contributed by atoms with Gasteiger partial charge < -0.3 is 9.47 Å². The summed E-state index contributed by atoms with van der Waals surface area (Å²) in [6.45, 7) is 2.54. The van der Waals surface area contributed by atoms with Crippen LogP contribution in [0.2, 0.25) is 0 Å². The zero-order valence-electron chi connectivity index (χ0n) is 7.58. The molecule has 1 aromatic carbocycles. The van der Waals surface area contributed by atoms with Crippen LogP contribution in [-0.2, 0) is 6.42 Å². The lowest BCUT2D eigenvalue weighted by atomic mass is 10.1. The molecule has 0 aliphatic carbocycles. The first kappa shape index (κ1) is 10.4. The summed E-state index contributed by atoms with van der Waals surface area (Å²) in [5.41, 5.74) is 1.32. The first-order chi connectivity index (χ1) is 5.90. The van der Waals surface area contributed by atoms with E-state index in [1.54, 1.807) is 0 Å². The van der Waals surface area contributed by atoms with Gasteiger partial charge in [0.15, 0.2) is 11.5 Å². The van der Waals surface area contributed by atoms with E-state index in [4.69, 9.17) is 9.47 Å². The molecule has 72 valence electrons. The predicted octanol–water partition coefficient (Wildman–Crippen LogP) is 2.95. The molecule has 0 unspecified atom stereocenters. The van der Waals surface area contributed by atoms with Gasteiger partial charge in [-0.3, -0.25) is 0 Å². The molecule has 0 fully saturated rings. The van der Waals surface area contributed by atoms with Gasteiger partial charge in [-0.25, -0.2) is 0 Å². The van der Waals surface area contributed by atoms with E-state index in [-0.39, 0.29) is 17.0 Å². The molecule has 2 rings (SSSR count). The van der Waals surface area contributed by atoms with Crippen molar-refractivity contribution in [3.05, 3.63) is 23.8 Å². The summed E-state index contributed by atoms with van der Waals surface area (Å²) in [6.07, 6.45) is 2.27. The number of fused-ring (bicyclic) bond motifs is 1. The van der Waals surface area contributed by atoms with Gasteiger partial charge in [0.25, 0.3) is 0 Å². The highest BCUT2D eigenvalue weighted by atomic mass is 79.9. The molecule has 0 saturated carbocycles. The number of hydrogen-bond acceptors (Lipinski definition) is 2. The summed E-state index contributed by atoms with van der Waals surface area (Å²) < 4.78 is 10.5. The van der Waals surface area contributed by atoms with Gasteiger partial charge in [-0.15, -0.1) is 17.0 Å². The maximum absolute atomic E-state index is 5.26. The Bertz CT molecular complexity index is 286. The van der Waals surface area contributed by atoms with Crippen molar-refractivity contribution < 1.29 is 9.47 Å². The Morgan fingerprint density at radius 1 is 1.23 bits per heavy atom. The zero-order chi connectivity index (χ0) is 8.39. The number of ether oxygens (including phenoxy) is 2. The van der Waals surface area contributed by atoms with Crippen LogP contribution in [0.1, 0.15) is 18.9 Å². The largest absolute Gasteiger partial charge is 0.454 e. The Balaban J connectivity index is 0.000000845. The van der Waals surface area contributed by atoms with Crippen LogP contribution in [-0.4, -0.2) is 6.79 Å². The topological polar surface area (TPSA) is 18.5 Å². The van der Waals surface area contributed by atoms with Crippen LogP contribution < -0.4 is 9.47 Å². The first-order valence-corrected chi connectivity index (χ1v) is 4.28. The molecule has 13 heavy (non-hydrogen) atoms. The van der Waals surface area contributed by atoms with Gasteiger partial charge in [-0.2, -0.15) is 0 Å². The molecular weight excluding hydrogens is 232 g/mol. The monoisotopic (exact) mass is 244 g/mol. The van der Waals surface area contributed by atoms with Gasteiger partial charge in [-0.1, -0.05) is 19.4 Å². The van der Waals surface area contributed by atoms with E-state index in [2.05, 4.69) is 19.1 Å². The molecule has 0 amide bonds. The number of halogens is 1. The Hall–Kier alpha value is -0.700.